The predicted octanol–water partition coefficient (Wildman–Crippen LogP) is 4.42. The molecule has 2 unspecified atom stereocenters. The molecule has 1 amide bonds. The topological polar surface area (TPSA) is 49.8 Å². The highest BCUT2D eigenvalue weighted by Gasteiger charge is 2.47. The lowest BCUT2D eigenvalue weighted by Crippen LogP contribution is -2.60. The average molecular weight is 323 g/mol. The molecule has 23 heavy (non-hydrogen) atoms. The van der Waals surface area contributed by atoms with Crippen LogP contribution in [-0.4, -0.2) is 39.4 Å². The molecule has 2 rings (SSSR count). The molecule has 0 radical (unpaired) electrons. The Morgan fingerprint density at radius 2 is 1.91 bits per heavy atom. The zero-order valence-electron chi connectivity index (χ0n) is 15.0. The van der Waals surface area contributed by atoms with Crippen LogP contribution < -0.4 is 0 Å². The van der Waals surface area contributed by atoms with Crippen molar-refractivity contribution in [2.24, 2.45) is 0 Å². The van der Waals surface area contributed by atoms with Crippen LogP contribution >= 0.6 is 0 Å². The van der Waals surface area contributed by atoms with E-state index in [1.54, 1.807) is 0 Å². The van der Waals surface area contributed by atoms with Crippen LogP contribution in [0.2, 0.25) is 0 Å². The summed E-state index contributed by atoms with van der Waals surface area (Å²) in [6.07, 6.45) is 10.1. The van der Waals surface area contributed by atoms with Crippen molar-refractivity contribution < 1.29 is 14.6 Å². The Morgan fingerprint density at radius 1 is 1.30 bits per heavy atom. The Balaban J connectivity index is 1.99. The molecule has 2 heterocycles. The third-order valence-electron chi connectivity index (χ3n) is 5.00. The Labute approximate surface area is 140 Å². The number of hydrogen-bond donors (Lipinski definition) is 1. The fourth-order valence-electron chi connectivity index (χ4n) is 4.09. The second-order valence-corrected chi connectivity index (χ2v) is 8.29. The van der Waals surface area contributed by atoms with E-state index in [0.29, 0.717) is 12.8 Å². The number of nitrogens with zero attached hydrogens (tertiary/aromatic N) is 1. The molecule has 2 atom stereocenters. The molecule has 4 nitrogen and oxygen atoms in total. The van der Waals surface area contributed by atoms with E-state index in [1.165, 1.54) is 0 Å². The molecule has 2 bridgehead atoms. The number of hydrogen-bond acceptors (Lipinski definition) is 3. The van der Waals surface area contributed by atoms with Gasteiger partial charge in [-0.15, -0.1) is 6.58 Å². The first-order valence-corrected chi connectivity index (χ1v) is 9.09. The Kier molecular flexibility index (Phi) is 5.77. The first-order chi connectivity index (χ1) is 10.7. The van der Waals surface area contributed by atoms with E-state index >= 15 is 0 Å². The summed E-state index contributed by atoms with van der Waals surface area (Å²) in [6.45, 7) is 9.46. The molecule has 0 aromatic rings. The maximum Gasteiger partial charge on any atom is 0.410 e. The third kappa shape index (κ3) is 4.97. The number of unbranched alkanes of at least 4 members (excludes halogenated alkanes) is 2. The Morgan fingerprint density at radius 3 is 2.43 bits per heavy atom. The molecule has 2 aliphatic heterocycles. The van der Waals surface area contributed by atoms with Crippen molar-refractivity contribution >= 4 is 6.09 Å². The molecule has 2 aliphatic rings. The van der Waals surface area contributed by atoms with Gasteiger partial charge in [0.15, 0.2) is 0 Å². The highest BCUT2D eigenvalue weighted by Crippen LogP contribution is 2.42. The molecule has 0 aliphatic carbocycles. The lowest BCUT2D eigenvalue weighted by Gasteiger charge is -2.51. The van der Waals surface area contributed by atoms with Crippen LogP contribution in [-0.2, 0) is 4.74 Å². The van der Waals surface area contributed by atoms with Gasteiger partial charge in [-0.3, -0.25) is 0 Å². The van der Waals surface area contributed by atoms with E-state index in [2.05, 4.69) is 6.58 Å². The molecule has 2 fully saturated rings. The molecular weight excluding hydrogens is 290 g/mol. The van der Waals surface area contributed by atoms with Crippen molar-refractivity contribution in [2.75, 3.05) is 0 Å². The minimum atomic E-state index is -0.616. The zero-order valence-corrected chi connectivity index (χ0v) is 15.0. The van der Waals surface area contributed by atoms with Crippen LogP contribution in [0.3, 0.4) is 0 Å². The average Bonchev–Trinajstić information content (AvgIpc) is 2.40. The largest absolute Gasteiger partial charge is 0.444 e. The number of fused-ring (bicyclic) bond motifs is 2. The second-order valence-electron chi connectivity index (χ2n) is 8.29. The van der Waals surface area contributed by atoms with E-state index in [-0.39, 0.29) is 18.2 Å². The van der Waals surface area contributed by atoms with E-state index in [0.717, 1.165) is 44.9 Å². The number of rotatable bonds is 5. The first kappa shape index (κ1) is 18.3. The van der Waals surface area contributed by atoms with Gasteiger partial charge in [0, 0.05) is 12.1 Å². The van der Waals surface area contributed by atoms with Crippen LogP contribution in [0.4, 0.5) is 4.79 Å². The number of piperidine rings is 2. The molecule has 0 aromatic carbocycles. The zero-order chi connectivity index (χ0) is 17.1. The summed E-state index contributed by atoms with van der Waals surface area (Å²) in [6, 6.07) is 0.253. The van der Waals surface area contributed by atoms with Crippen LogP contribution in [0.25, 0.3) is 0 Å². The molecule has 2 saturated heterocycles. The van der Waals surface area contributed by atoms with Gasteiger partial charge in [0.1, 0.15) is 5.60 Å². The summed E-state index contributed by atoms with van der Waals surface area (Å²) in [5.74, 6) is 0. The molecule has 1 N–H and O–H groups in total. The number of ether oxygens (including phenoxy) is 1. The van der Waals surface area contributed by atoms with Crippen molar-refractivity contribution in [2.45, 2.75) is 102 Å². The Hall–Kier alpha value is -1.03. The van der Waals surface area contributed by atoms with E-state index in [9.17, 15) is 9.90 Å². The number of carbonyl (C=O) groups excluding carboxylic acids is 1. The highest BCUT2D eigenvalue weighted by molar-refractivity contribution is 5.69. The maximum absolute atomic E-state index is 12.5. The lowest BCUT2D eigenvalue weighted by atomic mass is 9.73. The van der Waals surface area contributed by atoms with Crippen LogP contribution in [0.1, 0.15) is 78.6 Å². The maximum atomic E-state index is 12.5. The van der Waals surface area contributed by atoms with Crippen molar-refractivity contribution in [3.05, 3.63) is 12.7 Å². The lowest BCUT2D eigenvalue weighted by molar-refractivity contribution is -0.0965. The molecule has 0 aromatic heterocycles. The summed E-state index contributed by atoms with van der Waals surface area (Å²) in [5, 5.41) is 11.0. The number of allylic oxidation sites excluding steroid dienone is 1. The van der Waals surface area contributed by atoms with Gasteiger partial charge < -0.3 is 14.7 Å². The van der Waals surface area contributed by atoms with Gasteiger partial charge in [0.25, 0.3) is 0 Å². The third-order valence-corrected chi connectivity index (χ3v) is 5.00. The molecule has 0 saturated carbocycles. The van der Waals surface area contributed by atoms with E-state index in [1.807, 2.05) is 31.7 Å². The highest BCUT2D eigenvalue weighted by atomic mass is 16.6. The Bertz CT molecular complexity index is 413. The molecule has 132 valence electrons. The SMILES string of the molecule is C=CCCCCC1(O)CC2CCCC(C1)N2C(=O)OC(C)(C)C. The van der Waals surface area contributed by atoms with Gasteiger partial charge in [-0.2, -0.15) is 0 Å². The number of carbonyl (C=O) groups is 1. The molecule has 0 spiro atoms. The first-order valence-electron chi connectivity index (χ1n) is 9.09. The predicted molar refractivity (Wildman–Crippen MR) is 92.3 cm³/mol. The van der Waals surface area contributed by atoms with Crippen molar-refractivity contribution in [3.8, 4) is 0 Å². The molecule has 4 heteroatoms. The van der Waals surface area contributed by atoms with Gasteiger partial charge in [-0.05, 0) is 72.1 Å². The summed E-state index contributed by atoms with van der Waals surface area (Å²) >= 11 is 0. The van der Waals surface area contributed by atoms with E-state index in [4.69, 9.17) is 4.74 Å². The van der Waals surface area contributed by atoms with Gasteiger partial charge in [0.2, 0.25) is 0 Å². The summed E-state index contributed by atoms with van der Waals surface area (Å²) in [5.41, 5.74) is -1.08. The number of amides is 1. The van der Waals surface area contributed by atoms with Gasteiger partial charge in [-0.25, -0.2) is 4.79 Å². The molecular formula is C19H33NO3. The van der Waals surface area contributed by atoms with E-state index < -0.39 is 11.2 Å². The minimum Gasteiger partial charge on any atom is -0.444 e. The smallest absolute Gasteiger partial charge is 0.410 e. The monoisotopic (exact) mass is 323 g/mol. The summed E-state index contributed by atoms with van der Waals surface area (Å²) < 4.78 is 5.59. The number of aliphatic hydroxyl groups is 1. The summed E-state index contributed by atoms with van der Waals surface area (Å²) in [4.78, 5) is 14.5. The standard InChI is InChI=1S/C19H33NO3/c1-5-6-7-8-12-19(22)13-15-10-9-11-16(14-19)20(15)17(21)23-18(2,3)4/h5,15-16,22H,1,6-14H2,2-4H3. The fourth-order valence-corrected chi connectivity index (χ4v) is 4.09. The van der Waals surface area contributed by atoms with Crippen LogP contribution in [0.15, 0.2) is 12.7 Å². The quantitative estimate of drug-likeness (QED) is 0.602. The van der Waals surface area contributed by atoms with Crippen LogP contribution in [0.5, 0.6) is 0 Å². The fraction of sp³-hybridized carbons (Fsp3) is 0.842. The normalized spacial score (nSPS) is 30.9. The van der Waals surface area contributed by atoms with Gasteiger partial charge >= 0.3 is 6.09 Å². The summed E-state index contributed by atoms with van der Waals surface area (Å²) in [7, 11) is 0. The van der Waals surface area contributed by atoms with Gasteiger partial charge in [0.05, 0.1) is 5.60 Å². The van der Waals surface area contributed by atoms with Crippen molar-refractivity contribution in [1.29, 1.82) is 0 Å². The minimum absolute atomic E-state index is 0.127. The van der Waals surface area contributed by atoms with Crippen molar-refractivity contribution in [1.82, 2.24) is 4.90 Å². The van der Waals surface area contributed by atoms with Crippen molar-refractivity contribution in [3.63, 3.8) is 0 Å². The second kappa shape index (κ2) is 7.25. The van der Waals surface area contributed by atoms with Gasteiger partial charge in [-0.1, -0.05) is 12.5 Å². The van der Waals surface area contributed by atoms with Crippen LogP contribution in [0, 0.1) is 0 Å².